The molecule has 0 aliphatic carbocycles. The Kier molecular flexibility index (Phi) is 5.89. The van der Waals surface area contributed by atoms with Crippen molar-refractivity contribution in [1.29, 1.82) is 0 Å². The summed E-state index contributed by atoms with van der Waals surface area (Å²) in [5.74, 6) is -0.743. The molecule has 4 rings (SSSR count). The molecule has 0 atom stereocenters. The van der Waals surface area contributed by atoms with Crippen LogP contribution >= 0.6 is 11.6 Å². The lowest BCUT2D eigenvalue weighted by molar-refractivity contribution is -0.120. The van der Waals surface area contributed by atoms with Crippen LogP contribution < -0.4 is 10.2 Å². The maximum Gasteiger partial charge on any atom is 0.282 e. The summed E-state index contributed by atoms with van der Waals surface area (Å²) in [7, 11) is 0. The van der Waals surface area contributed by atoms with Crippen molar-refractivity contribution in [2.45, 2.75) is 40.0 Å². The Balaban J connectivity index is 1.80. The van der Waals surface area contributed by atoms with Gasteiger partial charge in [0.25, 0.3) is 11.8 Å². The Labute approximate surface area is 199 Å². The third kappa shape index (κ3) is 4.44. The van der Waals surface area contributed by atoms with Crippen molar-refractivity contribution in [2.24, 2.45) is 0 Å². The van der Waals surface area contributed by atoms with Gasteiger partial charge in [0.2, 0.25) is 0 Å². The van der Waals surface area contributed by atoms with Gasteiger partial charge in [0.1, 0.15) is 5.70 Å². The zero-order valence-electron chi connectivity index (χ0n) is 19.5. The summed E-state index contributed by atoms with van der Waals surface area (Å²) in [6.45, 7) is 10.3. The van der Waals surface area contributed by atoms with E-state index < -0.39 is 5.91 Å². The van der Waals surface area contributed by atoms with Gasteiger partial charge in [-0.15, -0.1) is 0 Å². The van der Waals surface area contributed by atoms with Gasteiger partial charge in [0.05, 0.1) is 11.3 Å². The Morgan fingerprint density at radius 2 is 1.45 bits per heavy atom. The van der Waals surface area contributed by atoms with E-state index in [1.54, 1.807) is 12.1 Å². The molecule has 0 radical (unpaired) electrons. The van der Waals surface area contributed by atoms with Crippen molar-refractivity contribution in [3.63, 3.8) is 0 Å². The minimum Gasteiger partial charge on any atom is -0.350 e. The molecule has 0 saturated carbocycles. The Morgan fingerprint density at radius 1 is 0.818 bits per heavy atom. The largest absolute Gasteiger partial charge is 0.350 e. The molecule has 33 heavy (non-hydrogen) atoms. The van der Waals surface area contributed by atoms with E-state index in [1.165, 1.54) is 4.90 Å². The van der Waals surface area contributed by atoms with Crippen LogP contribution in [0.15, 0.2) is 72.4 Å². The number of halogens is 1. The van der Waals surface area contributed by atoms with Crippen molar-refractivity contribution in [2.75, 3.05) is 10.2 Å². The zero-order chi connectivity index (χ0) is 23.9. The molecule has 1 N–H and O–H groups in total. The van der Waals surface area contributed by atoms with Crippen LogP contribution in [0.1, 0.15) is 43.0 Å². The fourth-order valence-electron chi connectivity index (χ4n) is 3.84. The van der Waals surface area contributed by atoms with Crippen LogP contribution in [0.4, 0.5) is 11.4 Å². The second-order valence-corrected chi connectivity index (χ2v) is 9.88. The lowest BCUT2D eigenvalue weighted by Crippen LogP contribution is -2.32. The number of rotatable bonds is 4. The second-order valence-electron chi connectivity index (χ2n) is 9.44. The number of carbonyl (C=O) groups is 2. The molecule has 0 spiro atoms. The summed E-state index contributed by atoms with van der Waals surface area (Å²) in [6.07, 6.45) is 0. The molecule has 4 nitrogen and oxygen atoms in total. The van der Waals surface area contributed by atoms with Crippen molar-refractivity contribution < 1.29 is 9.59 Å². The van der Waals surface area contributed by atoms with Crippen LogP contribution in [0.5, 0.6) is 0 Å². The Hall–Kier alpha value is -3.37. The highest BCUT2D eigenvalue weighted by molar-refractivity contribution is 6.46. The predicted molar refractivity (Wildman–Crippen MR) is 136 cm³/mol. The van der Waals surface area contributed by atoms with Crippen LogP contribution in [0.3, 0.4) is 0 Å². The lowest BCUT2D eigenvalue weighted by Gasteiger charge is -2.21. The van der Waals surface area contributed by atoms with Crippen molar-refractivity contribution in [3.05, 3.63) is 99.7 Å². The van der Waals surface area contributed by atoms with Crippen LogP contribution in [0, 0.1) is 13.8 Å². The fraction of sp³-hybridized carbons (Fsp3) is 0.214. The fourth-order valence-corrected chi connectivity index (χ4v) is 4.01. The first kappa shape index (κ1) is 22.8. The molecule has 3 aromatic rings. The van der Waals surface area contributed by atoms with Crippen LogP contribution in [-0.4, -0.2) is 11.8 Å². The van der Waals surface area contributed by atoms with E-state index in [-0.39, 0.29) is 17.0 Å². The van der Waals surface area contributed by atoms with E-state index in [9.17, 15) is 9.59 Å². The summed E-state index contributed by atoms with van der Waals surface area (Å²) in [5, 5.41) is 3.76. The Bertz CT molecular complexity index is 1270. The predicted octanol–water partition coefficient (Wildman–Crippen LogP) is 6.65. The molecule has 0 saturated heterocycles. The Morgan fingerprint density at radius 3 is 2.06 bits per heavy atom. The first-order valence-electron chi connectivity index (χ1n) is 10.9. The van der Waals surface area contributed by atoms with Crippen LogP contribution in [0.25, 0.3) is 5.57 Å². The van der Waals surface area contributed by atoms with E-state index in [1.807, 2.05) is 68.4 Å². The van der Waals surface area contributed by atoms with E-state index in [2.05, 4.69) is 26.1 Å². The van der Waals surface area contributed by atoms with Crippen molar-refractivity contribution in [3.8, 4) is 0 Å². The van der Waals surface area contributed by atoms with E-state index in [0.29, 0.717) is 27.5 Å². The number of aryl methyl sites for hydroxylation is 2. The average Bonchev–Trinajstić information content (AvgIpc) is 3.00. The molecule has 1 aliphatic heterocycles. The number of benzene rings is 3. The van der Waals surface area contributed by atoms with Gasteiger partial charge in [0, 0.05) is 10.7 Å². The normalized spacial score (nSPS) is 14.3. The van der Waals surface area contributed by atoms with Crippen LogP contribution in [0.2, 0.25) is 5.02 Å². The molecular formula is C28H27ClN2O2. The molecule has 3 aromatic carbocycles. The molecular weight excluding hydrogens is 432 g/mol. The number of hydrogen-bond donors (Lipinski definition) is 1. The minimum absolute atomic E-state index is 0.0281. The van der Waals surface area contributed by atoms with Crippen molar-refractivity contribution in [1.82, 2.24) is 0 Å². The third-order valence-corrected chi connectivity index (χ3v) is 6.11. The zero-order valence-corrected chi connectivity index (χ0v) is 20.2. The summed E-state index contributed by atoms with van der Waals surface area (Å²) in [5.41, 5.74) is 5.61. The standard InChI is InChI=1S/C28H27ClN2O2/c1-17-6-9-19(10-7-17)24-25(30-23-16-21(29)13-8-18(23)2)27(33)31(26(24)32)22-14-11-20(12-15-22)28(3,4)5/h6-16,30H,1-5H3. The summed E-state index contributed by atoms with van der Waals surface area (Å²) >= 11 is 6.20. The molecule has 0 fully saturated rings. The molecule has 0 aromatic heterocycles. The van der Waals surface area contributed by atoms with Gasteiger partial charge in [0.15, 0.2) is 0 Å². The van der Waals surface area contributed by atoms with Gasteiger partial charge in [-0.2, -0.15) is 0 Å². The average molecular weight is 459 g/mol. The van der Waals surface area contributed by atoms with Crippen molar-refractivity contribution >= 4 is 40.4 Å². The number of hydrogen-bond acceptors (Lipinski definition) is 3. The summed E-state index contributed by atoms with van der Waals surface area (Å²) in [4.78, 5) is 28.5. The van der Waals surface area contributed by atoms with E-state index in [0.717, 1.165) is 16.7 Å². The smallest absolute Gasteiger partial charge is 0.282 e. The van der Waals surface area contributed by atoms with Gasteiger partial charge in [-0.25, -0.2) is 4.90 Å². The third-order valence-electron chi connectivity index (χ3n) is 5.87. The maximum atomic E-state index is 13.6. The topological polar surface area (TPSA) is 49.4 Å². The number of amides is 2. The molecule has 5 heteroatoms. The second kappa shape index (κ2) is 8.53. The highest BCUT2D eigenvalue weighted by atomic mass is 35.5. The van der Waals surface area contributed by atoms with Gasteiger partial charge in [-0.1, -0.05) is 80.4 Å². The molecule has 1 heterocycles. The van der Waals surface area contributed by atoms with E-state index in [4.69, 9.17) is 11.6 Å². The van der Waals surface area contributed by atoms with Gasteiger partial charge >= 0.3 is 0 Å². The minimum atomic E-state index is -0.390. The summed E-state index contributed by atoms with van der Waals surface area (Å²) < 4.78 is 0. The molecule has 168 valence electrons. The highest BCUT2D eigenvalue weighted by Crippen LogP contribution is 2.35. The SMILES string of the molecule is Cc1ccc(C2=C(Nc3cc(Cl)ccc3C)C(=O)N(c3ccc(C(C)(C)C)cc3)C2=O)cc1. The number of imide groups is 1. The van der Waals surface area contributed by atoms with Crippen LogP contribution in [-0.2, 0) is 15.0 Å². The van der Waals surface area contributed by atoms with Gasteiger partial charge in [-0.05, 0) is 60.2 Å². The molecule has 0 bridgehead atoms. The van der Waals surface area contributed by atoms with Gasteiger partial charge in [-0.3, -0.25) is 9.59 Å². The van der Waals surface area contributed by atoms with E-state index >= 15 is 0 Å². The monoisotopic (exact) mass is 458 g/mol. The molecule has 1 aliphatic rings. The molecule has 2 amide bonds. The maximum absolute atomic E-state index is 13.6. The number of nitrogens with zero attached hydrogens (tertiary/aromatic N) is 1. The van der Waals surface area contributed by atoms with Gasteiger partial charge < -0.3 is 5.32 Å². The number of nitrogens with one attached hydrogen (secondary N) is 1. The quantitative estimate of drug-likeness (QED) is 0.445. The summed E-state index contributed by atoms with van der Waals surface area (Å²) in [6, 6.07) is 20.6. The first-order chi connectivity index (χ1) is 15.6. The first-order valence-corrected chi connectivity index (χ1v) is 11.3. The number of anilines is 2. The number of carbonyl (C=O) groups excluding carboxylic acids is 2. The highest BCUT2D eigenvalue weighted by Gasteiger charge is 2.40. The lowest BCUT2D eigenvalue weighted by atomic mass is 9.87. The molecule has 0 unspecified atom stereocenters.